The molecule has 0 atom stereocenters. The van der Waals surface area contributed by atoms with Crippen molar-refractivity contribution in [1.82, 2.24) is 14.8 Å². The van der Waals surface area contributed by atoms with Crippen LogP contribution in [0.4, 0.5) is 0 Å². The van der Waals surface area contributed by atoms with Crippen LogP contribution in [0.5, 0.6) is 5.75 Å². The van der Waals surface area contributed by atoms with Gasteiger partial charge in [0.2, 0.25) is 5.91 Å². The van der Waals surface area contributed by atoms with Crippen molar-refractivity contribution in [3.05, 3.63) is 58.9 Å². The summed E-state index contributed by atoms with van der Waals surface area (Å²) >= 11 is 6.04. The molecule has 4 rings (SSSR count). The van der Waals surface area contributed by atoms with Crippen LogP contribution in [0.1, 0.15) is 30.2 Å². The maximum absolute atomic E-state index is 12.7. The van der Waals surface area contributed by atoms with Gasteiger partial charge in [0.25, 0.3) is 0 Å². The van der Waals surface area contributed by atoms with E-state index in [1.165, 1.54) is 0 Å². The number of hydrogen-bond acceptors (Lipinski definition) is 5. The molecule has 0 radical (unpaired) electrons. The number of benzene rings is 2. The summed E-state index contributed by atoms with van der Waals surface area (Å²) in [4.78, 5) is 21.3. The fraction of sp³-hybridized carbons (Fsp3) is 0.391. The molecule has 1 aromatic heterocycles. The summed E-state index contributed by atoms with van der Waals surface area (Å²) in [5.41, 5.74) is 2.63. The summed E-state index contributed by atoms with van der Waals surface area (Å²) in [6.45, 7) is 2.69. The zero-order valence-electron chi connectivity index (χ0n) is 17.3. The highest BCUT2D eigenvalue weighted by molar-refractivity contribution is 6.31. The molecule has 2 aromatic carbocycles. The molecule has 7 heteroatoms. The molecule has 30 heavy (non-hydrogen) atoms. The molecule has 1 saturated heterocycles. The number of carbonyl (C=O) groups is 1. The molecule has 2 heterocycles. The van der Waals surface area contributed by atoms with Crippen LogP contribution in [0.25, 0.3) is 11.1 Å². The topological polar surface area (TPSA) is 58.8 Å². The van der Waals surface area contributed by atoms with Gasteiger partial charge in [-0.3, -0.25) is 9.69 Å². The van der Waals surface area contributed by atoms with E-state index in [1.807, 2.05) is 49.5 Å². The zero-order chi connectivity index (χ0) is 21.1. The Morgan fingerprint density at radius 1 is 1.27 bits per heavy atom. The first-order chi connectivity index (χ1) is 14.5. The standard InChI is InChI=1S/C23H26ClN3O3/c1-26(14-16-4-3-5-19(12-16)29-2)22(28)15-27-10-8-17(9-11-27)23-25-20-13-18(24)6-7-21(20)30-23/h3-7,12-13,17H,8-11,14-15H2,1-2H3. The number of nitrogens with zero attached hydrogens (tertiary/aromatic N) is 3. The lowest BCUT2D eigenvalue weighted by Crippen LogP contribution is -2.41. The molecular formula is C23H26ClN3O3. The molecule has 1 fully saturated rings. The van der Waals surface area contributed by atoms with Crippen LogP contribution in [0, 0.1) is 0 Å². The van der Waals surface area contributed by atoms with Gasteiger partial charge < -0.3 is 14.1 Å². The van der Waals surface area contributed by atoms with Crippen LogP contribution in [0.2, 0.25) is 5.02 Å². The number of aromatic nitrogens is 1. The largest absolute Gasteiger partial charge is 0.497 e. The van der Waals surface area contributed by atoms with Crippen LogP contribution in [-0.2, 0) is 11.3 Å². The minimum absolute atomic E-state index is 0.118. The maximum atomic E-state index is 12.7. The van der Waals surface area contributed by atoms with Crippen molar-refractivity contribution in [1.29, 1.82) is 0 Å². The first-order valence-corrected chi connectivity index (χ1v) is 10.5. The fourth-order valence-corrected chi connectivity index (χ4v) is 4.04. The van der Waals surface area contributed by atoms with E-state index in [2.05, 4.69) is 9.88 Å². The van der Waals surface area contributed by atoms with E-state index in [-0.39, 0.29) is 11.8 Å². The van der Waals surface area contributed by atoms with Gasteiger partial charge in [-0.25, -0.2) is 4.98 Å². The molecule has 1 amide bonds. The Balaban J connectivity index is 1.29. The summed E-state index contributed by atoms with van der Waals surface area (Å²) in [7, 11) is 3.49. The van der Waals surface area contributed by atoms with Gasteiger partial charge in [-0.05, 0) is 61.8 Å². The van der Waals surface area contributed by atoms with Crippen molar-refractivity contribution in [3.63, 3.8) is 0 Å². The van der Waals surface area contributed by atoms with E-state index >= 15 is 0 Å². The summed E-state index contributed by atoms with van der Waals surface area (Å²) in [5.74, 6) is 1.97. The van der Waals surface area contributed by atoms with Crippen LogP contribution in [0.15, 0.2) is 46.9 Å². The van der Waals surface area contributed by atoms with Gasteiger partial charge in [-0.15, -0.1) is 0 Å². The number of halogens is 1. The van der Waals surface area contributed by atoms with Crippen LogP contribution in [-0.4, -0.2) is 54.5 Å². The average Bonchev–Trinajstić information content (AvgIpc) is 3.17. The number of rotatable bonds is 6. The minimum atomic E-state index is 0.118. The number of likely N-dealkylation sites (tertiary alicyclic amines) is 1. The summed E-state index contributed by atoms with van der Waals surface area (Å²) in [6, 6.07) is 13.3. The SMILES string of the molecule is COc1cccc(CN(C)C(=O)CN2CCC(c3nc4cc(Cl)ccc4o3)CC2)c1. The molecule has 0 saturated carbocycles. The molecule has 6 nitrogen and oxygen atoms in total. The van der Waals surface area contributed by atoms with Gasteiger partial charge in [-0.2, -0.15) is 0 Å². The van der Waals surface area contributed by atoms with E-state index in [0.29, 0.717) is 18.1 Å². The number of piperidine rings is 1. The Hall–Kier alpha value is -2.57. The van der Waals surface area contributed by atoms with Gasteiger partial charge in [-0.1, -0.05) is 23.7 Å². The second-order valence-electron chi connectivity index (χ2n) is 7.82. The summed E-state index contributed by atoms with van der Waals surface area (Å²) in [5, 5.41) is 0.661. The molecule has 3 aromatic rings. The third kappa shape index (κ3) is 4.77. The average molecular weight is 428 g/mol. The highest BCUT2D eigenvalue weighted by atomic mass is 35.5. The van der Waals surface area contributed by atoms with Gasteiger partial charge in [0.05, 0.1) is 13.7 Å². The highest BCUT2D eigenvalue weighted by Crippen LogP contribution is 2.30. The van der Waals surface area contributed by atoms with Crippen molar-refractivity contribution in [2.75, 3.05) is 33.8 Å². The molecule has 0 bridgehead atoms. The Morgan fingerprint density at radius 2 is 2.07 bits per heavy atom. The predicted molar refractivity (Wildman–Crippen MR) is 117 cm³/mol. The van der Waals surface area contributed by atoms with E-state index < -0.39 is 0 Å². The number of carbonyl (C=O) groups excluding carboxylic acids is 1. The second-order valence-corrected chi connectivity index (χ2v) is 8.25. The van der Waals surface area contributed by atoms with Crippen LogP contribution >= 0.6 is 11.6 Å². The first-order valence-electron chi connectivity index (χ1n) is 10.2. The lowest BCUT2D eigenvalue weighted by atomic mass is 9.97. The lowest BCUT2D eigenvalue weighted by molar-refractivity contribution is -0.131. The third-order valence-electron chi connectivity index (χ3n) is 5.64. The number of amides is 1. The molecular weight excluding hydrogens is 402 g/mol. The van der Waals surface area contributed by atoms with Crippen molar-refractivity contribution in [2.45, 2.75) is 25.3 Å². The first kappa shape index (κ1) is 20.7. The Kier molecular flexibility index (Phi) is 6.25. The van der Waals surface area contributed by atoms with Gasteiger partial charge in [0.15, 0.2) is 11.5 Å². The van der Waals surface area contributed by atoms with Gasteiger partial charge in [0, 0.05) is 24.5 Å². The zero-order valence-corrected chi connectivity index (χ0v) is 18.1. The molecule has 0 unspecified atom stereocenters. The third-order valence-corrected chi connectivity index (χ3v) is 5.88. The van der Waals surface area contributed by atoms with E-state index in [4.69, 9.17) is 20.8 Å². The fourth-order valence-electron chi connectivity index (χ4n) is 3.88. The maximum Gasteiger partial charge on any atom is 0.236 e. The lowest BCUT2D eigenvalue weighted by Gasteiger charge is -2.31. The molecule has 1 aliphatic rings. The van der Waals surface area contributed by atoms with Crippen molar-refractivity contribution >= 4 is 28.6 Å². The number of ether oxygens (including phenoxy) is 1. The normalized spacial score (nSPS) is 15.4. The summed E-state index contributed by atoms with van der Waals surface area (Å²) < 4.78 is 11.2. The second kappa shape index (κ2) is 9.06. The van der Waals surface area contributed by atoms with Crippen molar-refractivity contribution in [3.8, 4) is 5.75 Å². The number of methoxy groups -OCH3 is 1. The van der Waals surface area contributed by atoms with E-state index in [9.17, 15) is 4.79 Å². The van der Waals surface area contributed by atoms with E-state index in [0.717, 1.165) is 54.2 Å². The number of oxazole rings is 1. The number of hydrogen-bond donors (Lipinski definition) is 0. The number of fused-ring (bicyclic) bond motifs is 1. The molecule has 158 valence electrons. The molecule has 0 spiro atoms. The Bertz CT molecular complexity index is 1030. The highest BCUT2D eigenvalue weighted by Gasteiger charge is 2.26. The van der Waals surface area contributed by atoms with Crippen molar-refractivity contribution in [2.24, 2.45) is 0 Å². The van der Waals surface area contributed by atoms with Crippen LogP contribution in [0.3, 0.4) is 0 Å². The smallest absolute Gasteiger partial charge is 0.236 e. The Labute approximate surface area is 181 Å². The molecule has 1 aliphatic heterocycles. The molecule has 0 N–H and O–H groups in total. The number of likely N-dealkylation sites (N-methyl/N-ethyl adjacent to an activating group) is 1. The van der Waals surface area contributed by atoms with Gasteiger partial charge >= 0.3 is 0 Å². The quantitative estimate of drug-likeness (QED) is 0.586. The predicted octanol–water partition coefficient (Wildman–Crippen LogP) is 4.33. The molecule has 0 aliphatic carbocycles. The minimum Gasteiger partial charge on any atom is -0.497 e. The van der Waals surface area contributed by atoms with Gasteiger partial charge in [0.1, 0.15) is 11.3 Å². The van der Waals surface area contributed by atoms with E-state index in [1.54, 1.807) is 12.0 Å². The Morgan fingerprint density at radius 3 is 2.83 bits per heavy atom. The van der Waals surface area contributed by atoms with Crippen molar-refractivity contribution < 1.29 is 13.9 Å². The monoisotopic (exact) mass is 427 g/mol. The summed E-state index contributed by atoms with van der Waals surface area (Å²) in [6.07, 6.45) is 1.85. The van der Waals surface area contributed by atoms with Crippen LogP contribution < -0.4 is 4.74 Å².